The number of anilines is 1. The maximum Gasteiger partial charge on any atom is 0.154 e. The summed E-state index contributed by atoms with van der Waals surface area (Å²) < 4.78 is 0. The van der Waals surface area contributed by atoms with Crippen molar-refractivity contribution < 1.29 is 5.11 Å². The Morgan fingerprint density at radius 2 is 1.93 bits per heavy atom. The number of rotatable bonds is 5. The molecule has 0 radical (unpaired) electrons. The third-order valence-electron chi connectivity index (χ3n) is 5.70. The van der Waals surface area contributed by atoms with Gasteiger partial charge in [0.15, 0.2) is 6.23 Å². The zero-order chi connectivity index (χ0) is 19.7. The van der Waals surface area contributed by atoms with Gasteiger partial charge in [-0.15, -0.1) is 0 Å². The zero-order valence-corrected chi connectivity index (χ0v) is 17.4. The normalized spacial score (nSPS) is 25.2. The Balaban J connectivity index is 1.31. The lowest BCUT2D eigenvalue weighted by Gasteiger charge is -2.41. The average Bonchev–Trinajstić information content (AvgIpc) is 2.97. The number of nitrogens with zero attached hydrogens (tertiary/aromatic N) is 4. The van der Waals surface area contributed by atoms with Crippen LogP contribution in [0.5, 0.6) is 0 Å². The van der Waals surface area contributed by atoms with E-state index in [1.165, 1.54) is 5.69 Å². The molecule has 2 atom stereocenters. The molecule has 4 rings (SSSR count). The van der Waals surface area contributed by atoms with Gasteiger partial charge in [-0.25, -0.2) is 0 Å². The van der Waals surface area contributed by atoms with Crippen LogP contribution in [0.25, 0.3) is 0 Å². The fourth-order valence-electron chi connectivity index (χ4n) is 4.35. The number of benzene rings is 1. The van der Waals surface area contributed by atoms with Crippen LogP contribution in [-0.4, -0.2) is 66.2 Å². The van der Waals surface area contributed by atoms with Crippen LogP contribution in [0.4, 0.5) is 5.69 Å². The Labute approximate surface area is 172 Å². The summed E-state index contributed by atoms with van der Waals surface area (Å²) in [6.07, 6.45) is 7.44. The topological polar surface area (TPSA) is 42.3 Å². The summed E-state index contributed by atoms with van der Waals surface area (Å²) in [5, 5.41) is 17.9. The number of hydrogen-bond acceptors (Lipinski definition) is 5. The third-order valence-corrected chi connectivity index (χ3v) is 5.93. The van der Waals surface area contributed by atoms with E-state index >= 15 is 0 Å². The van der Waals surface area contributed by atoms with Gasteiger partial charge in [-0.1, -0.05) is 49.7 Å². The summed E-state index contributed by atoms with van der Waals surface area (Å²) >= 11 is 6.14. The molecule has 2 unspecified atom stereocenters. The van der Waals surface area contributed by atoms with Crippen LogP contribution in [0.1, 0.15) is 13.8 Å². The van der Waals surface area contributed by atoms with Crippen molar-refractivity contribution in [1.29, 1.82) is 0 Å². The van der Waals surface area contributed by atoms with Crippen molar-refractivity contribution in [3.05, 3.63) is 53.6 Å². The molecule has 6 heteroatoms. The SMILES string of the molecule is CC(C)(CN1CCN(c2cccc(Cl)c2)CC1)CN1N=C2C=CC=CC2C1O. The van der Waals surface area contributed by atoms with Crippen LogP contribution in [-0.2, 0) is 0 Å². The van der Waals surface area contributed by atoms with Crippen LogP contribution in [0.3, 0.4) is 0 Å². The zero-order valence-electron chi connectivity index (χ0n) is 16.6. The van der Waals surface area contributed by atoms with Gasteiger partial charge in [-0.05, 0) is 29.7 Å². The maximum atomic E-state index is 10.6. The van der Waals surface area contributed by atoms with Crippen molar-refractivity contribution in [3.8, 4) is 0 Å². The van der Waals surface area contributed by atoms with E-state index in [0.717, 1.165) is 50.0 Å². The summed E-state index contributed by atoms with van der Waals surface area (Å²) in [5.74, 6) is 0.00189. The Morgan fingerprint density at radius 3 is 2.64 bits per heavy atom. The molecule has 1 aromatic carbocycles. The second-order valence-electron chi connectivity index (χ2n) is 8.71. The minimum Gasteiger partial charge on any atom is -0.371 e. The summed E-state index contributed by atoms with van der Waals surface area (Å²) in [5.41, 5.74) is 2.19. The maximum absolute atomic E-state index is 10.6. The number of aliphatic hydroxyl groups is 1. The van der Waals surface area contributed by atoms with Gasteiger partial charge in [0.2, 0.25) is 0 Å². The van der Waals surface area contributed by atoms with Gasteiger partial charge < -0.3 is 10.0 Å². The lowest BCUT2D eigenvalue weighted by molar-refractivity contribution is -0.0191. The van der Waals surface area contributed by atoms with E-state index in [1.54, 1.807) is 0 Å². The monoisotopic (exact) mass is 400 g/mol. The lowest BCUT2D eigenvalue weighted by Crippen LogP contribution is -2.51. The molecule has 28 heavy (non-hydrogen) atoms. The highest BCUT2D eigenvalue weighted by molar-refractivity contribution is 6.30. The summed E-state index contributed by atoms with van der Waals surface area (Å²) in [4.78, 5) is 4.92. The molecule has 150 valence electrons. The van der Waals surface area contributed by atoms with Crippen molar-refractivity contribution in [1.82, 2.24) is 9.91 Å². The molecule has 0 amide bonds. The van der Waals surface area contributed by atoms with Crippen LogP contribution in [0, 0.1) is 11.3 Å². The highest BCUT2D eigenvalue weighted by Gasteiger charge is 2.37. The van der Waals surface area contributed by atoms with Crippen molar-refractivity contribution in [2.45, 2.75) is 20.1 Å². The summed E-state index contributed by atoms with van der Waals surface area (Å²) in [6.45, 7) is 10.3. The quantitative estimate of drug-likeness (QED) is 0.824. The molecule has 1 aliphatic carbocycles. The summed E-state index contributed by atoms with van der Waals surface area (Å²) in [7, 11) is 0. The summed E-state index contributed by atoms with van der Waals surface area (Å²) in [6, 6.07) is 8.10. The largest absolute Gasteiger partial charge is 0.371 e. The second-order valence-corrected chi connectivity index (χ2v) is 9.15. The first kappa shape index (κ1) is 19.5. The number of halogens is 1. The van der Waals surface area contributed by atoms with Crippen LogP contribution in [0.15, 0.2) is 53.7 Å². The Bertz CT molecular complexity index is 795. The van der Waals surface area contributed by atoms with Crippen molar-refractivity contribution >= 4 is 23.0 Å². The van der Waals surface area contributed by atoms with E-state index in [2.05, 4.69) is 34.8 Å². The van der Waals surface area contributed by atoms with Gasteiger partial charge in [-0.3, -0.25) is 9.91 Å². The van der Waals surface area contributed by atoms with E-state index in [0.29, 0.717) is 0 Å². The molecule has 2 heterocycles. The Hall–Kier alpha value is -1.82. The molecule has 5 nitrogen and oxygen atoms in total. The molecule has 3 aliphatic rings. The van der Waals surface area contributed by atoms with Crippen molar-refractivity contribution in [3.63, 3.8) is 0 Å². The van der Waals surface area contributed by atoms with Crippen molar-refractivity contribution in [2.75, 3.05) is 44.2 Å². The number of allylic oxidation sites excluding steroid dienone is 3. The Kier molecular flexibility index (Phi) is 5.50. The van der Waals surface area contributed by atoms with Crippen molar-refractivity contribution in [2.24, 2.45) is 16.4 Å². The van der Waals surface area contributed by atoms with Gasteiger partial charge in [0.1, 0.15) is 0 Å². The average molecular weight is 401 g/mol. The van der Waals surface area contributed by atoms with E-state index < -0.39 is 6.23 Å². The fourth-order valence-corrected chi connectivity index (χ4v) is 4.54. The van der Waals surface area contributed by atoms with E-state index in [-0.39, 0.29) is 11.3 Å². The van der Waals surface area contributed by atoms with Crippen LogP contribution in [0.2, 0.25) is 5.02 Å². The first-order valence-electron chi connectivity index (χ1n) is 10.0. The number of fused-ring (bicyclic) bond motifs is 1. The predicted octanol–water partition coefficient (Wildman–Crippen LogP) is 3.22. The lowest BCUT2D eigenvalue weighted by atomic mass is 9.91. The van der Waals surface area contributed by atoms with E-state index in [1.807, 2.05) is 47.5 Å². The third kappa shape index (κ3) is 4.27. The molecule has 1 fully saturated rings. The van der Waals surface area contributed by atoms with E-state index in [4.69, 9.17) is 11.6 Å². The highest BCUT2D eigenvalue weighted by atomic mass is 35.5. The molecular weight excluding hydrogens is 372 g/mol. The van der Waals surface area contributed by atoms with E-state index in [9.17, 15) is 5.11 Å². The number of hydrazone groups is 1. The molecule has 1 aromatic rings. The molecule has 1 N–H and O–H groups in total. The minimum atomic E-state index is -0.560. The first-order valence-corrected chi connectivity index (χ1v) is 10.4. The predicted molar refractivity (Wildman–Crippen MR) is 116 cm³/mol. The first-order chi connectivity index (χ1) is 13.4. The number of hydrogen-bond donors (Lipinski definition) is 1. The van der Waals surface area contributed by atoms with Gasteiger partial charge in [0.25, 0.3) is 0 Å². The molecule has 0 bridgehead atoms. The fraction of sp³-hybridized carbons (Fsp3) is 0.500. The Morgan fingerprint density at radius 1 is 1.14 bits per heavy atom. The second kappa shape index (κ2) is 7.90. The van der Waals surface area contributed by atoms with Gasteiger partial charge in [-0.2, -0.15) is 5.10 Å². The highest BCUT2D eigenvalue weighted by Crippen LogP contribution is 2.29. The van der Waals surface area contributed by atoms with Crippen LogP contribution >= 0.6 is 11.6 Å². The minimum absolute atomic E-state index is 0.00189. The molecular formula is C22H29ClN4O. The molecule has 1 saturated heterocycles. The molecule has 2 aliphatic heterocycles. The van der Waals surface area contributed by atoms with Gasteiger partial charge in [0, 0.05) is 50.0 Å². The standard InChI is InChI=1S/C22H29ClN4O/c1-22(2,16-27-21(28)19-8-3-4-9-20(19)24-27)15-25-10-12-26(13-11-25)18-7-5-6-17(23)14-18/h3-9,14,19,21,28H,10-13,15-16H2,1-2H3. The van der Waals surface area contributed by atoms with Gasteiger partial charge in [0.05, 0.1) is 11.6 Å². The number of piperazine rings is 1. The van der Waals surface area contributed by atoms with Crippen LogP contribution < -0.4 is 4.90 Å². The smallest absolute Gasteiger partial charge is 0.154 e. The number of aliphatic hydroxyl groups excluding tert-OH is 1. The van der Waals surface area contributed by atoms with Gasteiger partial charge >= 0.3 is 0 Å². The molecule has 0 saturated carbocycles. The molecule has 0 aromatic heterocycles. The molecule has 0 spiro atoms.